The molecule has 0 aliphatic carbocycles. The van der Waals surface area contributed by atoms with Crippen LogP contribution in [0.15, 0.2) is 60.7 Å². The Hall–Kier alpha value is -1.61. The van der Waals surface area contributed by atoms with E-state index >= 15 is 0 Å². The molecule has 2 aromatic carbocycles. The summed E-state index contributed by atoms with van der Waals surface area (Å²) in [5.74, 6) is -0.170. The molecule has 1 unspecified atom stereocenters. The van der Waals surface area contributed by atoms with E-state index in [1.807, 2.05) is 43.3 Å². The normalized spacial score (nSPS) is 12.6. The van der Waals surface area contributed by atoms with E-state index in [4.69, 9.17) is 4.74 Å². The zero-order chi connectivity index (χ0) is 17.4. The predicted octanol–water partition coefficient (Wildman–Crippen LogP) is 2.94. The number of esters is 1. The quantitative estimate of drug-likeness (QED) is 0.557. The number of hydrogen-bond acceptors (Lipinski definition) is 3. The van der Waals surface area contributed by atoms with Gasteiger partial charge in [-0.25, -0.2) is 0 Å². The van der Waals surface area contributed by atoms with Crippen LogP contribution in [0, 0.1) is 0 Å². The number of nitrogens with one attached hydrogen (secondary N) is 1. The predicted molar refractivity (Wildman–Crippen MR) is 99.6 cm³/mol. The van der Waals surface area contributed by atoms with Crippen molar-refractivity contribution >= 4 is 25.4 Å². The third-order valence-electron chi connectivity index (χ3n) is 3.69. The first-order valence-corrected chi connectivity index (χ1v) is 9.92. The van der Waals surface area contributed by atoms with E-state index in [0.717, 1.165) is 5.56 Å². The number of rotatable bonds is 8. The second-order valence-corrected chi connectivity index (χ2v) is 9.70. The molecule has 0 radical (unpaired) electrons. The van der Waals surface area contributed by atoms with E-state index in [-0.39, 0.29) is 31.3 Å². The van der Waals surface area contributed by atoms with Gasteiger partial charge in [-0.2, -0.15) is 0 Å². The molecule has 0 fully saturated rings. The zero-order valence-electron chi connectivity index (χ0n) is 14.5. The van der Waals surface area contributed by atoms with Gasteiger partial charge in [-0.05, 0) is 0 Å². The van der Waals surface area contributed by atoms with Crippen LogP contribution in [-0.4, -0.2) is 33.6 Å². The summed E-state index contributed by atoms with van der Waals surface area (Å²) in [6.07, 6.45) is 0. The molecule has 1 atom stereocenters. The third-order valence-corrected chi connectivity index (χ3v) is 6.36. The van der Waals surface area contributed by atoms with Crippen LogP contribution in [0.2, 0.25) is 4.31 Å². The summed E-state index contributed by atoms with van der Waals surface area (Å²) in [4.78, 5) is 12.5. The standard InChI is InChI=1S/C20H25NO2Se/c1-4-23-19(22)18(21-15-16-11-7-5-8-12-16)20(2,3)24-17-13-9-6-10-14-17/h5-14,18,21H,4,15H2,1-3H3. The molecule has 0 saturated carbocycles. The van der Waals surface area contributed by atoms with E-state index in [9.17, 15) is 4.79 Å². The molecule has 4 heteroatoms. The van der Waals surface area contributed by atoms with E-state index in [1.165, 1.54) is 4.46 Å². The van der Waals surface area contributed by atoms with Crippen molar-refractivity contribution < 1.29 is 9.53 Å². The fraction of sp³-hybridized carbons (Fsp3) is 0.350. The Bertz CT molecular complexity index is 629. The Morgan fingerprint density at radius 2 is 1.67 bits per heavy atom. The maximum absolute atomic E-state index is 12.5. The molecular weight excluding hydrogens is 365 g/mol. The molecule has 128 valence electrons. The first kappa shape index (κ1) is 18.7. The van der Waals surface area contributed by atoms with Gasteiger partial charge in [0.05, 0.1) is 0 Å². The number of carbonyl (C=O) groups excluding carboxylic acids is 1. The van der Waals surface area contributed by atoms with Gasteiger partial charge in [0, 0.05) is 0 Å². The fourth-order valence-electron chi connectivity index (χ4n) is 2.51. The SMILES string of the molecule is CCOC(=O)C(NCc1ccccc1)C(C)(C)[Se]c1ccccc1. The molecule has 0 aliphatic rings. The van der Waals surface area contributed by atoms with Crippen molar-refractivity contribution in [3.63, 3.8) is 0 Å². The molecule has 2 rings (SSSR count). The van der Waals surface area contributed by atoms with Gasteiger partial charge in [0.2, 0.25) is 0 Å². The Kier molecular flexibility index (Phi) is 7.04. The van der Waals surface area contributed by atoms with Crippen LogP contribution < -0.4 is 9.78 Å². The molecule has 0 spiro atoms. The Morgan fingerprint density at radius 3 is 2.25 bits per heavy atom. The second-order valence-electron chi connectivity index (χ2n) is 6.07. The van der Waals surface area contributed by atoms with Crippen molar-refractivity contribution in [2.75, 3.05) is 6.61 Å². The van der Waals surface area contributed by atoms with Gasteiger partial charge in [0.1, 0.15) is 0 Å². The molecule has 24 heavy (non-hydrogen) atoms. The van der Waals surface area contributed by atoms with Gasteiger partial charge in [-0.3, -0.25) is 0 Å². The van der Waals surface area contributed by atoms with Crippen molar-refractivity contribution in [3.8, 4) is 0 Å². The molecule has 0 aliphatic heterocycles. The zero-order valence-corrected chi connectivity index (χ0v) is 16.2. The minimum atomic E-state index is -0.335. The number of benzene rings is 2. The molecule has 0 saturated heterocycles. The summed E-state index contributed by atoms with van der Waals surface area (Å²) in [6.45, 7) is 7.18. The summed E-state index contributed by atoms with van der Waals surface area (Å²) in [6, 6.07) is 20.2. The first-order chi connectivity index (χ1) is 11.5. The van der Waals surface area contributed by atoms with Crippen molar-refractivity contribution in [2.24, 2.45) is 0 Å². The number of carbonyl (C=O) groups is 1. The molecule has 0 amide bonds. The van der Waals surface area contributed by atoms with Crippen molar-refractivity contribution in [1.82, 2.24) is 5.32 Å². The molecular formula is C20H25NO2Se. The molecule has 0 aromatic heterocycles. The number of ether oxygens (including phenoxy) is 1. The summed E-state index contributed by atoms with van der Waals surface area (Å²) >= 11 is 0.148. The Labute approximate surface area is 151 Å². The van der Waals surface area contributed by atoms with Gasteiger partial charge >= 0.3 is 151 Å². The molecule has 2 aromatic rings. The molecule has 0 bridgehead atoms. The van der Waals surface area contributed by atoms with E-state index in [2.05, 4.69) is 43.4 Å². The van der Waals surface area contributed by atoms with Crippen LogP contribution in [0.1, 0.15) is 26.3 Å². The minimum absolute atomic E-state index is 0.148. The maximum atomic E-state index is 12.5. The topological polar surface area (TPSA) is 38.3 Å². The summed E-state index contributed by atoms with van der Waals surface area (Å²) in [7, 11) is 0. The first-order valence-electron chi connectivity index (χ1n) is 8.21. The Balaban J connectivity index is 2.12. The Morgan fingerprint density at radius 1 is 1.08 bits per heavy atom. The van der Waals surface area contributed by atoms with Gasteiger partial charge in [0.15, 0.2) is 0 Å². The fourth-order valence-corrected chi connectivity index (χ4v) is 5.02. The average Bonchev–Trinajstić information content (AvgIpc) is 2.56. The van der Waals surface area contributed by atoms with E-state index in [1.54, 1.807) is 0 Å². The van der Waals surface area contributed by atoms with Crippen LogP contribution in [0.4, 0.5) is 0 Å². The van der Waals surface area contributed by atoms with Crippen LogP contribution in [0.3, 0.4) is 0 Å². The third kappa shape index (κ3) is 5.48. The molecule has 3 nitrogen and oxygen atoms in total. The van der Waals surface area contributed by atoms with Gasteiger partial charge in [-0.15, -0.1) is 0 Å². The van der Waals surface area contributed by atoms with Gasteiger partial charge in [-0.1, -0.05) is 0 Å². The summed E-state index contributed by atoms with van der Waals surface area (Å²) < 4.78 is 6.41. The van der Waals surface area contributed by atoms with Crippen LogP contribution in [-0.2, 0) is 16.1 Å². The van der Waals surface area contributed by atoms with Crippen LogP contribution in [0.5, 0.6) is 0 Å². The number of hydrogen-bond donors (Lipinski definition) is 1. The molecule has 0 heterocycles. The van der Waals surface area contributed by atoms with Crippen LogP contribution >= 0.6 is 0 Å². The van der Waals surface area contributed by atoms with Gasteiger partial charge < -0.3 is 0 Å². The second kappa shape index (κ2) is 9.02. The van der Waals surface area contributed by atoms with Crippen molar-refractivity contribution in [2.45, 2.75) is 37.7 Å². The van der Waals surface area contributed by atoms with Crippen molar-refractivity contribution in [3.05, 3.63) is 66.2 Å². The monoisotopic (exact) mass is 391 g/mol. The molecule has 1 N–H and O–H groups in total. The summed E-state index contributed by atoms with van der Waals surface area (Å²) in [5, 5.41) is 3.42. The van der Waals surface area contributed by atoms with Crippen LogP contribution in [0.25, 0.3) is 0 Å². The van der Waals surface area contributed by atoms with E-state index in [0.29, 0.717) is 13.2 Å². The van der Waals surface area contributed by atoms with E-state index < -0.39 is 0 Å². The van der Waals surface area contributed by atoms with Crippen molar-refractivity contribution in [1.29, 1.82) is 0 Å². The van der Waals surface area contributed by atoms with Gasteiger partial charge in [0.25, 0.3) is 0 Å². The summed E-state index contributed by atoms with van der Waals surface area (Å²) in [5.41, 5.74) is 1.16. The average molecular weight is 390 g/mol.